The molecule has 1 aromatic rings. The van der Waals surface area contributed by atoms with Crippen LogP contribution in [0.5, 0.6) is 0 Å². The summed E-state index contributed by atoms with van der Waals surface area (Å²) in [5.41, 5.74) is -0.678. The van der Waals surface area contributed by atoms with Crippen molar-refractivity contribution in [3.63, 3.8) is 0 Å². The van der Waals surface area contributed by atoms with Crippen molar-refractivity contribution in [1.29, 1.82) is 0 Å². The van der Waals surface area contributed by atoms with E-state index in [0.29, 0.717) is 12.7 Å². The summed E-state index contributed by atoms with van der Waals surface area (Å²) in [4.78, 5) is 24.5. The van der Waals surface area contributed by atoms with Gasteiger partial charge in [0, 0.05) is 0 Å². The summed E-state index contributed by atoms with van der Waals surface area (Å²) in [6, 6.07) is 5.05. The molecule has 1 amide bonds. The maximum absolute atomic E-state index is 13.9. The van der Waals surface area contributed by atoms with Gasteiger partial charge in [-0.05, 0) is 39.3 Å². The third-order valence-electron chi connectivity index (χ3n) is 2.61. The van der Waals surface area contributed by atoms with Gasteiger partial charge >= 0.3 is 6.09 Å². The zero-order valence-corrected chi connectivity index (χ0v) is 12.2. The van der Waals surface area contributed by atoms with Gasteiger partial charge in [-0.3, -0.25) is 4.90 Å². The highest BCUT2D eigenvalue weighted by molar-refractivity contribution is 5.92. The quantitative estimate of drug-likeness (QED) is 0.793. The van der Waals surface area contributed by atoms with Gasteiger partial charge in [-0.1, -0.05) is 19.1 Å². The molecule has 0 saturated carbocycles. The number of carbonyl (C=O) groups excluding carboxylic acids is 2. The van der Waals surface area contributed by atoms with Crippen LogP contribution in [0.15, 0.2) is 24.3 Å². The smallest absolute Gasteiger partial charge is 0.415 e. The summed E-state index contributed by atoms with van der Waals surface area (Å²) in [7, 11) is 0. The lowest BCUT2D eigenvalue weighted by Crippen LogP contribution is -2.44. The lowest BCUT2D eigenvalue weighted by molar-refractivity contribution is -0.109. The van der Waals surface area contributed by atoms with Crippen molar-refractivity contribution < 1.29 is 18.7 Å². The van der Waals surface area contributed by atoms with E-state index in [1.807, 2.05) is 0 Å². The predicted molar refractivity (Wildman–Crippen MR) is 75.3 cm³/mol. The third kappa shape index (κ3) is 4.05. The zero-order chi connectivity index (χ0) is 15.3. The van der Waals surface area contributed by atoms with Gasteiger partial charge in [0.15, 0.2) is 0 Å². The number of benzene rings is 1. The van der Waals surface area contributed by atoms with Crippen LogP contribution in [0, 0.1) is 5.82 Å². The molecule has 1 aromatic carbocycles. The molecule has 5 heteroatoms. The number of halogens is 1. The number of amides is 1. The van der Waals surface area contributed by atoms with Crippen LogP contribution in [0.1, 0.15) is 34.1 Å². The Kier molecular flexibility index (Phi) is 5.25. The average molecular weight is 281 g/mol. The Morgan fingerprint density at radius 3 is 2.45 bits per heavy atom. The molecule has 20 heavy (non-hydrogen) atoms. The van der Waals surface area contributed by atoms with Gasteiger partial charge in [-0.2, -0.15) is 0 Å². The molecular weight excluding hydrogens is 261 g/mol. The highest BCUT2D eigenvalue weighted by Gasteiger charge is 2.30. The lowest BCUT2D eigenvalue weighted by Gasteiger charge is -2.30. The van der Waals surface area contributed by atoms with E-state index in [1.165, 1.54) is 18.2 Å². The minimum atomic E-state index is -0.762. The summed E-state index contributed by atoms with van der Waals surface area (Å²) >= 11 is 0. The van der Waals surface area contributed by atoms with E-state index >= 15 is 0 Å². The maximum Gasteiger partial charge on any atom is 0.415 e. The second kappa shape index (κ2) is 6.50. The fraction of sp³-hybridized carbons (Fsp3) is 0.467. The second-order valence-electron chi connectivity index (χ2n) is 5.41. The summed E-state index contributed by atoms with van der Waals surface area (Å²) in [5.74, 6) is -0.571. The van der Waals surface area contributed by atoms with Crippen molar-refractivity contribution in [3.8, 4) is 0 Å². The van der Waals surface area contributed by atoms with Crippen LogP contribution >= 0.6 is 0 Å². The largest absolute Gasteiger partial charge is 0.443 e. The number of para-hydroxylation sites is 1. The fourth-order valence-corrected chi connectivity index (χ4v) is 1.71. The van der Waals surface area contributed by atoms with E-state index in [-0.39, 0.29) is 5.69 Å². The Hall–Kier alpha value is -1.91. The molecular formula is C15H20FNO3. The first kappa shape index (κ1) is 16.1. The molecule has 0 fully saturated rings. The molecule has 0 spiro atoms. The van der Waals surface area contributed by atoms with Gasteiger partial charge in [0.1, 0.15) is 17.7 Å². The van der Waals surface area contributed by atoms with Crippen molar-refractivity contribution >= 4 is 18.1 Å². The summed E-state index contributed by atoms with van der Waals surface area (Å²) in [6.45, 7) is 6.89. The van der Waals surface area contributed by atoms with Gasteiger partial charge in [0.2, 0.25) is 0 Å². The Morgan fingerprint density at radius 1 is 1.40 bits per heavy atom. The van der Waals surface area contributed by atoms with Crippen LogP contribution in [0.3, 0.4) is 0 Å². The molecule has 0 radical (unpaired) electrons. The van der Waals surface area contributed by atoms with Crippen molar-refractivity contribution in [2.45, 2.75) is 45.8 Å². The lowest BCUT2D eigenvalue weighted by atomic mass is 10.1. The van der Waals surface area contributed by atoms with Crippen LogP contribution in [0.2, 0.25) is 0 Å². The van der Waals surface area contributed by atoms with E-state index < -0.39 is 23.6 Å². The number of ether oxygens (including phenoxy) is 1. The number of rotatable bonds is 4. The molecule has 0 aliphatic carbocycles. The standard InChI is InChI=1S/C15H20FNO3/c1-5-11(10-18)17(14(19)20-15(2,3)4)13-9-7-6-8-12(13)16/h6-11H,5H2,1-4H3. The summed E-state index contributed by atoms with van der Waals surface area (Å²) in [5, 5.41) is 0. The van der Waals surface area contributed by atoms with Crippen molar-refractivity contribution in [2.75, 3.05) is 4.90 Å². The van der Waals surface area contributed by atoms with E-state index in [0.717, 1.165) is 4.90 Å². The van der Waals surface area contributed by atoms with E-state index in [4.69, 9.17) is 4.74 Å². The second-order valence-corrected chi connectivity index (χ2v) is 5.41. The van der Waals surface area contributed by atoms with Gasteiger partial charge < -0.3 is 9.53 Å². The summed E-state index contributed by atoms with van der Waals surface area (Å²) in [6.07, 6.45) is 0.259. The predicted octanol–water partition coefficient (Wildman–Crippen LogP) is 3.54. The molecule has 0 heterocycles. The number of aldehydes is 1. The first-order valence-corrected chi connectivity index (χ1v) is 6.52. The van der Waals surface area contributed by atoms with Gasteiger partial charge in [0.25, 0.3) is 0 Å². The Morgan fingerprint density at radius 2 is 2.00 bits per heavy atom. The Bertz CT molecular complexity index is 482. The first-order chi connectivity index (χ1) is 9.30. The maximum atomic E-state index is 13.9. The third-order valence-corrected chi connectivity index (χ3v) is 2.61. The van der Waals surface area contributed by atoms with Crippen molar-refractivity contribution in [2.24, 2.45) is 0 Å². The SMILES string of the molecule is CCC(C=O)N(C(=O)OC(C)(C)C)c1ccccc1F. The minimum absolute atomic E-state index is 0.0423. The summed E-state index contributed by atoms with van der Waals surface area (Å²) < 4.78 is 19.2. The minimum Gasteiger partial charge on any atom is -0.443 e. The van der Waals surface area contributed by atoms with Gasteiger partial charge in [0.05, 0.1) is 11.7 Å². The highest BCUT2D eigenvalue weighted by atomic mass is 19.1. The fourth-order valence-electron chi connectivity index (χ4n) is 1.71. The molecule has 0 aliphatic rings. The molecule has 1 unspecified atom stereocenters. The van der Waals surface area contributed by atoms with Gasteiger partial charge in [-0.25, -0.2) is 9.18 Å². The molecule has 0 aromatic heterocycles. The van der Waals surface area contributed by atoms with E-state index in [9.17, 15) is 14.0 Å². The highest BCUT2D eigenvalue weighted by Crippen LogP contribution is 2.24. The first-order valence-electron chi connectivity index (χ1n) is 6.52. The van der Waals surface area contributed by atoms with Crippen molar-refractivity contribution in [3.05, 3.63) is 30.1 Å². The normalized spacial score (nSPS) is 12.7. The number of anilines is 1. The molecule has 1 atom stereocenters. The number of hydrogen-bond donors (Lipinski definition) is 0. The molecule has 1 rings (SSSR count). The van der Waals surface area contributed by atoms with E-state index in [1.54, 1.807) is 33.8 Å². The Labute approximate surface area is 118 Å². The number of hydrogen-bond acceptors (Lipinski definition) is 3. The van der Waals surface area contributed by atoms with Crippen LogP contribution in [-0.4, -0.2) is 24.0 Å². The molecule has 0 aliphatic heterocycles. The topological polar surface area (TPSA) is 46.6 Å². The van der Waals surface area contributed by atoms with Crippen molar-refractivity contribution in [1.82, 2.24) is 0 Å². The van der Waals surface area contributed by atoms with Crippen LogP contribution < -0.4 is 4.90 Å². The Balaban J connectivity index is 3.19. The van der Waals surface area contributed by atoms with Crippen LogP contribution in [0.4, 0.5) is 14.9 Å². The van der Waals surface area contributed by atoms with Gasteiger partial charge in [-0.15, -0.1) is 0 Å². The van der Waals surface area contributed by atoms with Crippen LogP contribution in [0.25, 0.3) is 0 Å². The molecule has 0 bridgehead atoms. The average Bonchev–Trinajstić information content (AvgIpc) is 2.35. The monoisotopic (exact) mass is 281 g/mol. The molecule has 110 valence electrons. The molecule has 4 nitrogen and oxygen atoms in total. The number of carbonyl (C=O) groups is 2. The molecule has 0 saturated heterocycles. The molecule has 0 N–H and O–H groups in total. The zero-order valence-electron chi connectivity index (χ0n) is 12.2. The van der Waals surface area contributed by atoms with Crippen LogP contribution in [-0.2, 0) is 9.53 Å². The number of nitrogens with zero attached hydrogens (tertiary/aromatic N) is 1. The van der Waals surface area contributed by atoms with E-state index in [2.05, 4.69) is 0 Å².